The minimum atomic E-state index is -4.43. The topological polar surface area (TPSA) is 77.0 Å². The lowest BCUT2D eigenvalue weighted by atomic mass is 10.3. The van der Waals surface area contributed by atoms with Crippen molar-refractivity contribution in [2.75, 3.05) is 39.8 Å². The molecule has 1 unspecified atom stereocenters. The van der Waals surface area contributed by atoms with Crippen molar-refractivity contribution in [1.82, 2.24) is 20.4 Å². The van der Waals surface area contributed by atoms with E-state index in [2.05, 4.69) is 15.6 Å². The Morgan fingerprint density at radius 3 is 2.56 bits per heavy atom. The summed E-state index contributed by atoms with van der Waals surface area (Å²) in [5.74, 6) is -0.286. The van der Waals surface area contributed by atoms with Gasteiger partial charge in [0, 0.05) is 39.1 Å². The highest BCUT2D eigenvalue weighted by atomic mass is 19.4. The van der Waals surface area contributed by atoms with Gasteiger partial charge in [-0.25, -0.2) is 4.99 Å². The summed E-state index contributed by atoms with van der Waals surface area (Å²) in [6.45, 7) is 3.70. The van der Waals surface area contributed by atoms with Crippen molar-refractivity contribution in [3.63, 3.8) is 0 Å². The van der Waals surface area contributed by atoms with Crippen LogP contribution >= 0.6 is 0 Å². The molecule has 1 saturated heterocycles. The third-order valence-electron chi connectivity index (χ3n) is 3.74. The van der Waals surface area contributed by atoms with E-state index in [1.54, 1.807) is 11.8 Å². The summed E-state index contributed by atoms with van der Waals surface area (Å²) in [6.07, 6.45) is -3.24. The molecule has 1 heterocycles. The number of amides is 2. The molecule has 0 aromatic heterocycles. The Morgan fingerprint density at radius 2 is 2.00 bits per heavy atom. The van der Waals surface area contributed by atoms with Gasteiger partial charge in [-0.3, -0.25) is 9.59 Å². The van der Waals surface area contributed by atoms with E-state index in [1.165, 1.54) is 0 Å². The fourth-order valence-electron chi connectivity index (χ4n) is 2.47. The molecule has 0 spiro atoms. The maximum Gasteiger partial charge on any atom is 0.406 e. The molecule has 0 aromatic carbocycles. The lowest BCUT2D eigenvalue weighted by Crippen LogP contribution is -2.45. The first kappa shape index (κ1) is 21.0. The fourth-order valence-corrected chi connectivity index (χ4v) is 2.47. The number of hydrogen-bond donors (Lipinski definition) is 2. The molecule has 2 N–H and O–H groups in total. The van der Waals surface area contributed by atoms with E-state index in [4.69, 9.17) is 0 Å². The highest BCUT2D eigenvalue weighted by Crippen LogP contribution is 2.15. The summed E-state index contributed by atoms with van der Waals surface area (Å²) in [5.41, 5.74) is 0. The number of nitrogens with one attached hydrogen (secondary N) is 2. The normalized spacial score (nSPS) is 18.2. The number of guanidine groups is 1. The van der Waals surface area contributed by atoms with Gasteiger partial charge in [-0.05, 0) is 13.3 Å². The molecule has 0 radical (unpaired) electrons. The van der Waals surface area contributed by atoms with E-state index >= 15 is 0 Å². The second-order valence-corrected chi connectivity index (χ2v) is 5.88. The molecule has 1 aliphatic rings. The van der Waals surface area contributed by atoms with Gasteiger partial charge in [-0.15, -0.1) is 0 Å². The fraction of sp³-hybridized carbons (Fsp3) is 0.800. The van der Waals surface area contributed by atoms with Crippen molar-refractivity contribution in [3.05, 3.63) is 0 Å². The Labute approximate surface area is 145 Å². The van der Waals surface area contributed by atoms with Gasteiger partial charge >= 0.3 is 6.18 Å². The van der Waals surface area contributed by atoms with Crippen molar-refractivity contribution in [2.45, 2.75) is 38.9 Å². The molecule has 7 nitrogen and oxygen atoms in total. The molecular weight excluding hydrogens is 339 g/mol. The molecule has 2 amide bonds. The third kappa shape index (κ3) is 7.61. The van der Waals surface area contributed by atoms with Gasteiger partial charge in [0.1, 0.15) is 13.1 Å². The molecule has 1 rings (SSSR count). The summed E-state index contributed by atoms with van der Waals surface area (Å²) in [4.78, 5) is 29.8. The van der Waals surface area contributed by atoms with Crippen molar-refractivity contribution >= 4 is 17.8 Å². The van der Waals surface area contributed by atoms with Gasteiger partial charge in [0.05, 0.1) is 0 Å². The maximum absolute atomic E-state index is 12.3. The van der Waals surface area contributed by atoms with Crippen molar-refractivity contribution < 1.29 is 22.8 Å². The van der Waals surface area contributed by atoms with Gasteiger partial charge in [0.25, 0.3) is 0 Å². The minimum Gasteiger partial charge on any atom is -0.357 e. The monoisotopic (exact) mass is 365 g/mol. The zero-order valence-electron chi connectivity index (χ0n) is 14.8. The van der Waals surface area contributed by atoms with Crippen LogP contribution < -0.4 is 10.6 Å². The quantitative estimate of drug-likeness (QED) is 0.533. The predicted octanol–water partition coefficient (Wildman–Crippen LogP) is 0.573. The Kier molecular flexibility index (Phi) is 7.98. The predicted molar refractivity (Wildman–Crippen MR) is 88.1 cm³/mol. The van der Waals surface area contributed by atoms with Gasteiger partial charge in [-0.2, -0.15) is 13.2 Å². The van der Waals surface area contributed by atoms with E-state index in [0.29, 0.717) is 36.9 Å². The standard InChI is InChI=1S/C15H26F3N5O2/c1-4-12(24)23-7-6-11(9-23)21-14(19-5-2)20-8-13(25)22(3)10-15(16,17)18/h11H,4-10H2,1-3H3,(H2,19,20,21). The molecule has 0 aliphatic carbocycles. The molecular formula is C15H26F3N5O2. The highest BCUT2D eigenvalue weighted by Gasteiger charge is 2.31. The number of likely N-dealkylation sites (N-methyl/N-ethyl adjacent to an activating group) is 1. The zero-order valence-corrected chi connectivity index (χ0v) is 14.8. The van der Waals surface area contributed by atoms with Gasteiger partial charge in [-0.1, -0.05) is 6.92 Å². The SMILES string of the molecule is CCNC(=NCC(=O)N(C)CC(F)(F)F)NC1CCN(C(=O)CC)C1. The van der Waals surface area contributed by atoms with E-state index in [1.807, 2.05) is 6.92 Å². The lowest BCUT2D eigenvalue weighted by molar-refractivity contribution is -0.157. The zero-order chi connectivity index (χ0) is 19.0. The average molecular weight is 365 g/mol. The number of halogens is 3. The summed E-state index contributed by atoms with van der Waals surface area (Å²) in [7, 11) is 1.09. The number of nitrogens with zero attached hydrogens (tertiary/aromatic N) is 3. The second kappa shape index (κ2) is 9.47. The molecule has 0 bridgehead atoms. The first-order valence-corrected chi connectivity index (χ1v) is 8.29. The van der Waals surface area contributed by atoms with Crippen LogP contribution in [0.2, 0.25) is 0 Å². The second-order valence-electron chi connectivity index (χ2n) is 5.88. The summed E-state index contributed by atoms with van der Waals surface area (Å²) < 4.78 is 36.9. The number of hydrogen-bond acceptors (Lipinski definition) is 3. The maximum atomic E-state index is 12.3. The van der Waals surface area contributed by atoms with Crippen molar-refractivity contribution in [1.29, 1.82) is 0 Å². The van der Waals surface area contributed by atoms with Crippen LogP contribution in [-0.2, 0) is 9.59 Å². The van der Waals surface area contributed by atoms with Crippen LogP contribution in [0.4, 0.5) is 13.2 Å². The number of carbonyl (C=O) groups is 2. The summed E-state index contributed by atoms with van der Waals surface area (Å²) in [5, 5.41) is 6.07. The highest BCUT2D eigenvalue weighted by molar-refractivity contribution is 5.85. The van der Waals surface area contributed by atoms with E-state index in [-0.39, 0.29) is 18.5 Å². The van der Waals surface area contributed by atoms with Gasteiger partial charge < -0.3 is 20.4 Å². The van der Waals surface area contributed by atoms with Gasteiger partial charge in [0.15, 0.2) is 5.96 Å². The number of aliphatic imine (C=N–C) groups is 1. The smallest absolute Gasteiger partial charge is 0.357 e. The molecule has 10 heteroatoms. The first-order valence-electron chi connectivity index (χ1n) is 8.29. The number of rotatable bonds is 6. The molecule has 25 heavy (non-hydrogen) atoms. The van der Waals surface area contributed by atoms with E-state index in [9.17, 15) is 22.8 Å². The van der Waals surface area contributed by atoms with Crippen molar-refractivity contribution in [2.24, 2.45) is 4.99 Å². The number of alkyl halides is 3. The van der Waals surface area contributed by atoms with Crippen LogP contribution in [0, 0.1) is 0 Å². The summed E-state index contributed by atoms with van der Waals surface area (Å²) >= 11 is 0. The van der Waals surface area contributed by atoms with Gasteiger partial charge in [0.2, 0.25) is 11.8 Å². The van der Waals surface area contributed by atoms with E-state index < -0.39 is 18.6 Å². The van der Waals surface area contributed by atoms with Crippen LogP contribution in [0.3, 0.4) is 0 Å². The Bertz CT molecular complexity index is 496. The third-order valence-corrected chi connectivity index (χ3v) is 3.74. The number of carbonyl (C=O) groups excluding carboxylic acids is 2. The Hall–Kier alpha value is -2.00. The van der Waals surface area contributed by atoms with Crippen LogP contribution in [0.1, 0.15) is 26.7 Å². The summed E-state index contributed by atoms with van der Waals surface area (Å²) in [6, 6.07) is -0.00342. The first-order chi connectivity index (χ1) is 11.7. The van der Waals surface area contributed by atoms with Crippen LogP contribution in [0.25, 0.3) is 0 Å². The largest absolute Gasteiger partial charge is 0.406 e. The molecule has 144 valence electrons. The Balaban J connectivity index is 2.57. The minimum absolute atomic E-state index is 0.00342. The number of likely N-dealkylation sites (tertiary alicyclic amines) is 1. The molecule has 1 aliphatic heterocycles. The van der Waals surface area contributed by atoms with Crippen LogP contribution in [0.15, 0.2) is 4.99 Å². The van der Waals surface area contributed by atoms with Crippen LogP contribution in [0.5, 0.6) is 0 Å². The molecule has 0 saturated carbocycles. The Morgan fingerprint density at radius 1 is 1.32 bits per heavy atom. The lowest BCUT2D eigenvalue weighted by Gasteiger charge is -2.20. The van der Waals surface area contributed by atoms with Crippen LogP contribution in [-0.4, -0.2) is 79.6 Å². The average Bonchev–Trinajstić information content (AvgIpc) is 2.98. The molecule has 1 fully saturated rings. The van der Waals surface area contributed by atoms with E-state index in [0.717, 1.165) is 13.5 Å². The van der Waals surface area contributed by atoms with Crippen molar-refractivity contribution in [3.8, 4) is 0 Å². The molecule has 1 atom stereocenters. The molecule has 0 aromatic rings.